The second-order valence-corrected chi connectivity index (χ2v) is 7.32. The van der Waals surface area contributed by atoms with Crippen LogP contribution in [0.3, 0.4) is 0 Å². The van der Waals surface area contributed by atoms with Crippen LogP contribution in [0.1, 0.15) is 24.4 Å². The molecular formula is C18H27N7. The van der Waals surface area contributed by atoms with Crippen LogP contribution in [0.5, 0.6) is 0 Å². The van der Waals surface area contributed by atoms with Gasteiger partial charge in [-0.3, -0.25) is 0 Å². The van der Waals surface area contributed by atoms with E-state index in [9.17, 15) is 0 Å². The van der Waals surface area contributed by atoms with Crippen molar-refractivity contribution in [3.05, 3.63) is 30.1 Å². The van der Waals surface area contributed by atoms with E-state index in [-0.39, 0.29) is 0 Å². The highest BCUT2D eigenvalue weighted by Gasteiger charge is 2.25. The van der Waals surface area contributed by atoms with Crippen LogP contribution in [0.4, 0.5) is 11.6 Å². The van der Waals surface area contributed by atoms with Crippen LogP contribution in [-0.2, 0) is 19.5 Å². The Labute approximate surface area is 149 Å². The van der Waals surface area contributed by atoms with E-state index in [1.807, 2.05) is 31.3 Å². The SMILES string of the molecule is CN(C)c1cc(NCc2cnc3n2CCN(CC2CC2)CC3)ncn1. The fourth-order valence-corrected chi connectivity index (χ4v) is 3.40. The van der Waals surface area contributed by atoms with Gasteiger partial charge in [0.2, 0.25) is 0 Å². The fraction of sp³-hybridized carbons (Fsp3) is 0.611. The molecule has 0 spiro atoms. The fourth-order valence-electron chi connectivity index (χ4n) is 3.40. The van der Waals surface area contributed by atoms with Gasteiger partial charge in [-0.1, -0.05) is 0 Å². The maximum Gasteiger partial charge on any atom is 0.133 e. The Morgan fingerprint density at radius 2 is 2.04 bits per heavy atom. The van der Waals surface area contributed by atoms with E-state index in [2.05, 4.69) is 29.7 Å². The molecule has 1 aliphatic carbocycles. The molecule has 7 nitrogen and oxygen atoms in total. The van der Waals surface area contributed by atoms with Crippen molar-refractivity contribution in [3.8, 4) is 0 Å². The Kier molecular flexibility index (Phi) is 4.57. The summed E-state index contributed by atoms with van der Waals surface area (Å²) in [7, 11) is 3.96. The van der Waals surface area contributed by atoms with Crippen LogP contribution >= 0.6 is 0 Å². The van der Waals surface area contributed by atoms with E-state index < -0.39 is 0 Å². The highest BCUT2D eigenvalue weighted by atomic mass is 15.2. The molecule has 7 heteroatoms. The first-order chi connectivity index (χ1) is 12.2. The molecule has 0 aromatic carbocycles. The van der Waals surface area contributed by atoms with Gasteiger partial charge in [-0.2, -0.15) is 0 Å². The molecule has 2 aromatic rings. The quantitative estimate of drug-likeness (QED) is 0.861. The van der Waals surface area contributed by atoms with E-state index in [1.165, 1.54) is 30.9 Å². The van der Waals surface area contributed by atoms with Gasteiger partial charge >= 0.3 is 0 Å². The molecule has 2 aromatic heterocycles. The summed E-state index contributed by atoms with van der Waals surface area (Å²) in [5.74, 6) is 3.92. The average molecular weight is 341 g/mol. The molecule has 134 valence electrons. The number of nitrogens with zero attached hydrogens (tertiary/aromatic N) is 6. The van der Waals surface area contributed by atoms with Crippen molar-refractivity contribution >= 4 is 11.6 Å². The first-order valence-electron chi connectivity index (χ1n) is 9.18. The molecule has 1 saturated carbocycles. The van der Waals surface area contributed by atoms with Crippen molar-refractivity contribution in [1.82, 2.24) is 24.4 Å². The van der Waals surface area contributed by atoms with Gasteiger partial charge in [0.25, 0.3) is 0 Å². The minimum absolute atomic E-state index is 0.736. The summed E-state index contributed by atoms with van der Waals surface area (Å²) in [6.45, 7) is 5.31. The lowest BCUT2D eigenvalue weighted by Crippen LogP contribution is -2.29. The van der Waals surface area contributed by atoms with E-state index in [0.29, 0.717) is 0 Å². The first-order valence-corrected chi connectivity index (χ1v) is 9.18. The Morgan fingerprint density at radius 3 is 2.84 bits per heavy atom. The van der Waals surface area contributed by atoms with E-state index in [0.717, 1.165) is 50.2 Å². The minimum Gasteiger partial charge on any atom is -0.364 e. The summed E-state index contributed by atoms with van der Waals surface area (Å²) in [5, 5.41) is 3.41. The number of rotatable bonds is 6. The smallest absolute Gasteiger partial charge is 0.133 e. The number of anilines is 2. The van der Waals surface area contributed by atoms with Gasteiger partial charge in [0.1, 0.15) is 23.8 Å². The molecule has 0 amide bonds. The summed E-state index contributed by atoms with van der Waals surface area (Å²) in [6, 6.07) is 1.97. The van der Waals surface area contributed by atoms with Gasteiger partial charge in [-0.05, 0) is 18.8 Å². The zero-order valence-electron chi connectivity index (χ0n) is 15.1. The summed E-state index contributed by atoms with van der Waals surface area (Å²) in [6.07, 6.45) is 7.50. The van der Waals surface area contributed by atoms with Gasteiger partial charge in [0.05, 0.1) is 18.4 Å². The molecule has 3 heterocycles. The summed E-state index contributed by atoms with van der Waals surface area (Å²) < 4.78 is 2.38. The summed E-state index contributed by atoms with van der Waals surface area (Å²) >= 11 is 0. The molecule has 1 N–H and O–H groups in total. The summed E-state index contributed by atoms with van der Waals surface area (Å²) in [4.78, 5) is 17.8. The lowest BCUT2D eigenvalue weighted by atomic mass is 10.3. The lowest BCUT2D eigenvalue weighted by molar-refractivity contribution is 0.268. The van der Waals surface area contributed by atoms with Gasteiger partial charge in [0.15, 0.2) is 0 Å². The van der Waals surface area contributed by atoms with Gasteiger partial charge in [-0.15, -0.1) is 0 Å². The third-order valence-electron chi connectivity index (χ3n) is 5.09. The average Bonchev–Trinajstić information content (AvgIpc) is 3.38. The molecule has 4 rings (SSSR count). The zero-order chi connectivity index (χ0) is 17.2. The number of imidazole rings is 1. The Balaban J connectivity index is 1.39. The Bertz CT molecular complexity index is 720. The van der Waals surface area contributed by atoms with Gasteiger partial charge < -0.3 is 19.7 Å². The predicted octanol–water partition coefficient (Wildman–Crippen LogP) is 1.62. The van der Waals surface area contributed by atoms with Crippen LogP contribution in [0, 0.1) is 5.92 Å². The summed E-state index contributed by atoms with van der Waals surface area (Å²) in [5.41, 5.74) is 1.23. The third-order valence-corrected chi connectivity index (χ3v) is 5.09. The highest BCUT2D eigenvalue weighted by Crippen LogP contribution is 2.30. The van der Waals surface area contributed by atoms with E-state index >= 15 is 0 Å². The van der Waals surface area contributed by atoms with Crippen molar-refractivity contribution in [2.45, 2.75) is 32.4 Å². The molecular weight excluding hydrogens is 314 g/mol. The monoisotopic (exact) mass is 341 g/mol. The van der Waals surface area contributed by atoms with E-state index in [4.69, 9.17) is 0 Å². The van der Waals surface area contributed by atoms with Crippen LogP contribution in [0.2, 0.25) is 0 Å². The number of aromatic nitrogens is 4. The van der Waals surface area contributed by atoms with E-state index in [1.54, 1.807) is 6.33 Å². The molecule has 0 bridgehead atoms. The topological polar surface area (TPSA) is 62.1 Å². The molecule has 25 heavy (non-hydrogen) atoms. The number of nitrogens with one attached hydrogen (secondary N) is 1. The first kappa shape index (κ1) is 16.3. The Morgan fingerprint density at radius 1 is 1.16 bits per heavy atom. The minimum atomic E-state index is 0.736. The maximum atomic E-state index is 4.66. The largest absolute Gasteiger partial charge is 0.364 e. The third kappa shape index (κ3) is 3.92. The highest BCUT2D eigenvalue weighted by molar-refractivity contribution is 5.47. The van der Waals surface area contributed by atoms with Crippen molar-refractivity contribution < 1.29 is 0 Å². The molecule has 1 fully saturated rings. The van der Waals surface area contributed by atoms with Crippen molar-refractivity contribution in [3.63, 3.8) is 0 Å². The molecule has 0 atom stereocenters. The number of hydrogen-bond acceptors (Lipinski definition) is 6. The van der Waals surface area contributed by atoms with Crippen LogP contribution in [-0.4, -0.2) is 58.1 Å². The molecule has 0 unspecified atom stereocenters. The molecule has 0 radical (unpaired) electrons. The second-order valence-electron chi connectivity index (χ2n) is 7.32. The van der Waals surface area contributed by atoms with Gasteiger partial charge in [0, 0.05) is 52.8 Å². The predicted molar refractivity (Wildman–Crippen MR) is 98.8 cm³/mol. The number of hydrogen-bond donors (Lipinski definition) is 1. The molecule has 1 aliphatic heterocycles. The number of fused-ring (bicyclic) bond motifs is 1. The zero-order valence-corrected chi connectivity index (χ0v) is 15.1. The van der Waals surface area contributed by atoms with Crippen LogP contribution in [0.15, 0.2) is 18.6 Å². The Hall–Kier alpha value is -2.15. The standard InChI is InChI=1S/C18H27N7/c1-23(2)18-9-16(21-13-22-18)19-10-15-11-20-17-5-6-24(7-8-25(15)17)12-14-3-4-14/h9,11,13-14H,3-8,10,12H2,1-2H3,(H,19,21,22). The van der Waals surface area contributed by atoms with Crippen molar-refractivity contribution in [2.75, 3.05) is 43.9 Å². The lowest BCUT2D eigenvalue weighted by Gasteiger charge is -2.19. The van der Waals surface area contributed by atoms with Gasteiger partial charge in [-0.25, -0.2) is 15.0 Å². The second kappa shape index (κ2) is 7.00. The maximum absolute atomic E-state index is 4.66. The van der Waals surface area contributed by atoms with Crippen molar-refractivity contribution in [2.24, 2.45) is 5.92 Å². The van der Waals surface area contributed by atoms with Crippen LogP contribution in [0.25, 0.3) is 0 Å². The molecule has 0 saturated heterocycles. The normalized spacial score (nSPS) is 17.8. The van der Waals surface area contributed by atoms with Crippen LogP contribution < -0.4 is 10.2 Å². The molecule has 2 aliphatic rings. The van der Waals surface area contributed by atoms with Crippen molar-refractivity contribution in [1.29, 1.82) is 0 Å².